The molecule has 0 bridgehead atoms. The van der Waals surface area contributed by atoms with Gasteiger partial charge in [-0.25, -0.2) is 15.0 Å². The van der Waals surface area contributed by atoms with E-state index < -0.39 is 0 Å². The lowest BCUT2D eigenvalue weighted by Gasteiger charge is -2.16. The zero-order chi connectivity index (χ0) is 34.6. The number of aromatic nitrogens is 4. The van der Waals surface area contributed by atoms with E-state index in [1.807, 2.05) is 30.3 Å². The average molecular weight is 673 g/mol. The summed E-state index contributed by atoms with van der Waals surface area (Å²) in [5.41, 5.74) is 6.37. The van der Waals surface area contributed by atoms with Crippen molar-refractivity contribution in [1.82, 2.24) is 19.5 Å². The Morgan fingerprint density at radius 3 is 1.58 bits per heavy atom. The Bertz CT molecular complexity index is 3380. The molecule has 12 rings (SSSR count). The van der Waals surface area contributed by atoms with Gasteiger partial charge in [-0.2, -0.15) is 0 Å². The Hall–Kier alpha value is -7.17. The molecule has 2 heterocycles. The van der Waals surface area contributed by atoms with Gasteiger partial charge >= 0.3 is 0 Å². The number of fused-ring (bicyclic) bond motifs is 5. The minimum atomic E-state index is 0.645. The number of benzene rings is 10. The van der Waals surface area contributed by atoms with Crippen molar-refractivity contribution in [2.45, 2.75) is 0 Å². The fourth-order valence-corrected chi connectivity index (χ4v) is 8.80. The van der Waals surface area contributed by atoms with Crippen molar-refractivity contribution in [3.05, 3.63) is 170 Å². The Balaban J connectivity index is 1.06. The van der Waals surface area contributed by atoms with Crippen LogP contribution in [0.3, 0.4) is 0 Å². The Morgan fingerprint density at radius 1 is 0.302 bits per heavy atom. The standard InChI is InChI=1S/C49H28N4/c1-2-11-30(12-3-1)47-50-48(52-49(51-47)33-21-20-29-10-4-5-13-32(29)28-33)31-22-24-34(25-23-31)53-41-19-9-18-39-38-17-8-16-37-35-14-6-7-15-36(35)40-26-27-42(53)46(44(39)41)45(40)43(37)38/h1-28H. The highest BCUT2D eigenvalue weighted by atomic mass is 15.0. The van der Waals surface area contributed by atoms with Gasteiger partial charge in [0, 0.05) is 38.5 Å². The molecule has 244 valence electrons. The summed E-state index contributed by atoms with van der Waals surface area (Å²) < 4.78 is 2.42. The van der Waals surface area contributed by atoms with Gasteiger partial charge in [0.05, 0.1) is 11.0 Å². The second-order valence-electron chi connectivity index (χ2n) is 14.0. The molecule has 0 N–H and O–H groups in total. The maximum absolute atomic E-state index is 5.07. The minimum Gasteiger partial charge on any atom is -0.309 e. The van der Waals surface area contributed by atoms with Gasteiger partial charge in [-0.3, -0.25) is 0 Å². The van der Waals surface area contributed by atoms with Crippen LogP contribution in [0.5, 0.6) is 0 Å². The first-order chi connectivity index (χ1) is 26.3. The van der Waals surface area contributed by atoms with Crippen molar-refractivity contribution in [2.24, 2.45) is 0 Å². The third kappa shape index (κ3) is 4.03. The summed E-state index contributed by atoms with van der Waals surface area (Å²) in [6, 6.07) is 60.7. The maximum atomic E-state index is 5.07. The van der Waals surface area contributed by atoms with E-state index in [2.05, 4.69) is 144 Å². The summed E-state index contributed by atoms with van der Waals surface area (Å²) in [5.74, 6) is 1.95. The van der Waals surface area contributed by atoms with Gasteiger partial charge in [0.15, 0.2) is 17.5 Å². The second kappa shape index (κ2) is 10.7. The van der Waals surface area contributed by atoms with E-state index in [0.717, 1.165) is 27.8 Å². The number of hydrogen-bond acceptors (Lipinski definition) is 3. The van der Waals surface area contributed by atoms with Crippen LogP contribution in [0.4, 0.5) is 0 Å². The summed E-state index contributed by atoms with van der Waals surface area (Å²) in [7, 11) is 0. The number of nitrogens with zero attached hydrogens (tertiary/aromatic N) is 4. The molecular formula is C49H28N4. The fourth-order valence-electron chi connectivity index (χ4n) is 8.80. The van der Waals surface area contributed by atoms with E-state index >= 15 is 0 Å². The lowest BCUT2D eigenvalue weighted by atomic mass is 9.86. The lowest BCUT2D eigenvalue weighted by molar-refractivity contribution is 1.07. The smallest absolute Gasteiger partial charge is 0.164 e. The molecule has 4 nitrogen and oxygen atoms in total. The molecule has 0 spiro atoms. The Kier molecular flexibility index (Phi) is 5.74. The van der Waals surface area contributed by atoms with Gasteiger partial charge in [-0.05, 0) is 90.9 Å². The lowest BCUT2D eigenvalue weighted by Crippen LogP contribution is -2.00. The molecule has 0 aliphatic heterocycles. The van der Waals surface area contributed by atoms with Crippen LogP contribution < -0.4 is 0 Å². The van der Waals surface area contributed by atoms with Crippen molar-refractivity contribution in [3.63, 3.8) is 0 Å². The first-order valence-corrected chi connectivity index (χ1v) is 18.0. The van der Waals surface area contributed by atoms with Crippen molar-refractivity contribution >= 4 is 75.7 Å². The first-order valence-electron chi connectivity index (χ1n) is 18.0. The molecular weight excluding hydrogens is 645 g/mol. The normalized spacial score (nSPS) is 12.2. The quantitative estimate of drug-likeness (QED) is 0.138. The van der Waals surface area contributed by atoms with Gasteiger partial charge < -0.3 is 4.57 Å². The number of hydrogen-bond donors (Lipinski definition) is 0. The predicted molar refractivity (Wildman–Crippen MR) is 220 cm³/mol. The van der Waals surface area contributed by atoms with Crippen LogP contribution in [-0.4, -0.2) is 19.5 Å². The molecule has 0 radical (unpaired) electrons. The van der Waals surface area contributed by atoms with Gasteiger partial charge in [0.1, 0.15) is 0 Å². The van der Waals surface area contributed by atoms with E-state index in [4.69, 9.17) is 15.0 Å². The van der Waals surface area contributed by atoms with E-state index in [1.165, 1.54) is 70.3 Å². The molecule has 0 saturated carbocycles. The Morgan fingerprint density at radius 2 is 0.830 bits per heavy atom. The predicted octanol–water partition coefficient (Wildman–Crippen LogP) is 12.6. The van der Waals surface area contributed by atoms with Crippen LogP contribution in [0, 0.1) is 0 Å². The maximum Gasteiger partial charge on any atom is 0.164 e. The second-order valence-corrected chi connectivity index (χ2v) is 14.0. The average Bonchev–Trinajstić information content (AvgIpc) is 3.58. The third-order valence-electron chi connectivity index (χ3n) is 11.1. The highest BCUT2D eigenvalue weighted by Crippen LogP contribution is 2.49. The summed E-state index contributed by atoms with van der Waals surface area (Å²) in [6.07, 6.45) is 0. The molecule has 53 heavy (non-hydrogen) atoms. The fraction of sp³-hybridized carbons (Fsp3) is 0. The molecule has 2 aromatic heterocycles. The first kappa shape index (κ1) is 28.5. The van der Waals surface area contributed by atoms with Crippen molar-refractivity contribution in [1.29, 1.82) is 0 Å². The molecule has 0 atom stereocenters. The molecule has 10 aromatic carbocycles. The van der Waals surface area contributed by atoms with Crippen LogP contribution >= 0.6 is 0 Å². The van der Waals surface area contributed by atoms with Gasteiger partial charge in [-0.1, -0.05) is 127 Å². The number of rotatable bonds is 4. The van der Waals surface area contributed by atoms with Crippen LogP contribution in [0.2, 0.25) is 0 Å². The topological polar surface area (TPSA) is 43.6 Å². The van der Waals surface area contributed by atoms with Crippen molar-refractivity contribution < 1.29 is 0 Å². The largest absolute Gasteiger partial charge is 0.309 e. The zero-order valence-corrected chi connectivity index (χ0v) is 28.5. The van der Waals surface area contributed by atoms with Crippen LogP contribution in [0.15, 0.2) is 170 Å². The highest BCUT2D eigenvalue weighted by Gasteiger charge is 2.23. The monoisotopic (exact) mass is 672 g/mol. The van der Waals surface area contributed by atoms with E-state index in [0.29, 0.717) is 17.5 Å². The zero-order valence-electron chi connectivity index (χ0n) is 28.5. The van der Waals surface area contributed by atoms with Gasteiger partial charge in [0.25, 0.3) is 0 Å². The summed E-state index contributed by atoms with van der Waals surface area (Å²) >= 11 is 0. The summed E-state index contributed by atoms with van der Waals surface area (Å²) in [5, 5.41) is 15.5. The Labute approximate surface area is 303 Å². The molecule has 12 aromatic rings. The summed E-state index contributed by atoms with van der Waals surface area (Å²) in [6.45, 7) is 0. The molecule has 0 aliphatic carbocycles. The third-order valence-corrected chi connectivity index (χ3v) is 11.1. The van der Waals surface area contributed by atoms with Gasteiger partial charge in [-0.15, -0.1) is 0 Å². The van der Waals surface area contributed by atoms with Gasteiger partial charge in [0.2, 0.25) is 0 Å². The molecule has 0 fully saturated rings. The van der Waals surface area contributed by atoms with E-state index in [9.17, 15) is 0 Å². The van der Waals surface area contributed by atoms with Crippen molar-refractivity contribution in [2.75, 3.05) is 0 Å². The van der Waals surface area contributed by atoms with E-state index in [-0.39, 0.29) is 0 Å². The molecule has 0 aliphatic rings. The molecule has 4 heteroatoms. The summed E-state index contributed by atoms with van der Waals surface area (Å²) in [4.78, 5) is 15.1. The molecule has 0 saturated heterocycles. The van der Waals surface area contributed by atoms with Crippen molar-refractivity contribution in [3.8, 4) is 39.9 Å². The highest BCUT2D eigenvalue weighted by molar-refractivity contribution is 6.44. The SMILES string of the molecule is c1ccc(-c2nc(-c3ccc(-n4c5cccc6c7cccc8c9ccccc9c9ccc4c(c9c87)c65)cc3)nc(-c3ccc4ccccc4c3)n2)cc1. The van der Waals surface area contributed by atoms with Crippen LogP contribution in [0.25, 0.3) is 116 Å². The minimum absolute atomic E-state index is 0.645. The van der Waals surface area contributed by atoms with Crippen LogP contribution in [-0.2, 0) is 0 Å². The van der Waals surface area contributed by atoms with E-state index in [1.54, 1.807) is 0 Å². The molecule has 0 unspecified atom stereocenters. The van der Waals surface area contributed by atoms with Crippen LogP contribution in [0.1, 0.15) is 0 Å². The molecule has 0 amide bonds.